The van der Waals surface area contributed by atoms with Crippen LogP contribution in [0.3, 0.4) is 0 Å². The van der Waals surface area contributed by atoms with Crippen molar-refractivity contribution < 1.29 is 19.1 Å². The Bertz CT molecular complexity index is 412. The predicted molar refractivity (Wildman–Crippen MR) is 62.9 cm³/mol. The molecule has 0 saturated heterocycles. The van der Waals surface area contributed by atoms with Gasteiger partial charge in [0, 0.05) is 12.0 Å². The first kappa shape index (κ1) is 13.2. The van der Waals surface area contributed by atoms with Crippen LogP contribution < -0.4 is 4.74 Å². The number of ketones is 1. The van der Waals surface area contributed by atoms with E-state index in [1.807, 2.05) is 12.1 Å². The zero-order valence-corrected chi connectivity index (χ0v) is 10.2. The fraction of sp³-hybridized carbons (Fsp3) is 0.385. The Morgan fingerprint density at radius 2 is 1.88 bits per heavy atom. The maximum atomic E-state index is 11.8. The number of methoxy groups -OCH3 is 2. The van der Waals surface area contributed by atoms with Gasteiger partial charge in [-0.3, -0.25) is 9.59 Å². The van der Waals surface area contributed by atoms with Gasteiger partial charge in [0.1, 0.15) is 11.7 Å². The number of benzene rings is 1. The predicted octanol–water partition coefficient (Wildman–Crippen LogP) is 1.62. The van der Waals surface area contributed by atoms with E-state index in [1.54, 1.807) is 26.2 Å². The van der Waals surface area contributed by atoms with Crippen LogP contribution in [0.2, 0.25) is 0 Å². The zero-order valence-electron chi connectivity index (χ0n) is 10.2. The molecule has 0 aliphatic carbocycles. The molecule has 4 nitrogen and oxygen atoms in total. The third-order valence-corrected chi connectivity index (χ3v) is 2.59. The second-order valence-electron chi connectivity index (χ2n) is 3.70. The highest BCUT2D eigenvalue weighted by Crippen LogP contribution is 2.19. The summed E-state index contributed by atoms with van der Waals surface area (Å²) >= 11 is 0. The molecule has 0 bridgehead atoms. The standard InChI is InChI=1S/C13H16O4/c1-9(13(15)17-3)11(14)8-10-6-4-5-7-12(10)16-2/h4-7,9H,8H2,1-3H3. The zero-order chi connectivity index (χ0) is 12.8. The number of hydrogen-bond donors (Lipinski definition) is 0. The van der Waals surface area contributed by atoms with Crippen molar-refractivity contribution in [2.75, 3.05) is 14.2 Å². The van der Waals surface area contributed by atoms with Crippen LogP contribution in [0, 0.1) is 5.92 Å². The van der Waals surface area contributed by atoms with E-state index in [-0.39, 0.29) is 12.2 Å². The van der Waals surface area contributed by atoms with E-state index in [0.717, 1.165) is 5.56 Å². The van der Waals surface area contributed by atoms with Crippen molar-refractivity contribution in [2.24, 2.45) is 5.92 Å². The fourth-order valence-electron chi connectivity index (χ4n) is 1.50. The van der Waals surface area contributed by atoms with Crippen LogP contribution in [-0.2, 0) is 20.7 Å². The molecule has 0 fully saturated rings. The van der Waals surface area contributed by atoms with Crippen molar-refractivity contribution >= 4 is 11.8 Å². The third-order valence-electron chi connectivity index (χ3n) is 2.59. The average molecular weight is 236 g/mol. The number of rotatable bonds is 5. The molecule has 0 heterocycles. The Morgan fingerprint density at radius 1 is 1.24 bits per heavy atom. The molecular weight excluding hydrogens is 220 g/mol. The number of para-hydroxylation sites is 1. The van der Waals surface area contributed by atoms with Gasteiger partial charge in [0.2, 0.25) is 0 Å². The number of carbonyl (C=O) groups excluding carboxylic acids is 2. The topological polar surface area (TPSA) is 52.6 Å². The molecular formula is C13H16O4. The van der Waals surface area contributed by atoms with Crippen molar-refractivity contribution in [1.82, 2.24) is 0 Å². The van der Waals surface area contributed by atoms with E-state index in [4.69, 9.17) is 4.74 Å². The highest BCUT2D eigenvalue weighted by molar-refractivity contribution is 5.99. The maximum absolute atomic E-state index is 11.8. The van der Waals surface area contributed by atoms with Gasteiger partial charge >= 0.3 is 5.97 Å². The summed E-state index contributed by atoms with van der Waals surface area (Å²) in [7, 11) is 2.82. The minimum absolute atomic E-state index is 0.167. The number of Topliss-reactive ketones (excluding diaryl/α,β-unsaturated/α-hetero) is 1. The Kier molecular flexibility index (Phi) is 4.69. The fourth-order valence-corrected chi connectivity index (χ4v) is 1.50. The normalized spacial score (nSPS) is 11.7. The minimum atomic E-state index is -0.745. The molecule has 0 N–H and O–H groups in total. The number of carbonyl (C=O) groups is 2. The molecule has 1 aromatic rings. The summed E-state index contributed by atoms with van der Waals surface area (Å²) in [5.74, 6) is -0.783. The molecule has 1 aromatic carbocycles. The van der Waals surface area contributed by atoms with Gasteiger partial charge in [-0.1, -0.05) is 18.2 Å². The summed E-state index contributed by atoms with van der Waals surface area (Å²) in [4.78, 5) is 23.0. The van der Waals surface area contributed by atoms with E-state index >= 15 is 0 Å². The Hall–Kier alpha value is -1.84. The van der Waals surface area contributed by atoms with Crippen LogP contribution in [0.1, 0.15) is 12.5 Å². The van der Waals surface area contributed by atoms with Crippen LogP contribution in [0.4, 0.5) is 0 Å². The Balaban J connectivity index is 2.77. The highest BCUT2D eigenvalue weighted by atomic mass is 16.5. The summed E-state index contributed by atoms with van der Waals surface area (Å²) < 4.78 is 9.68. The molecule has 0 amide bonds. The lowest BCUT2D eigenvalue weighted by atomic mass is 9.99. The molecule has 1 unspecified atom stereocenters. The summed E-state index contributed by atoms with van der Waals surface area (Å²) in [5, 5.41) is 0. The van der Waals surface area contributed by atoms with Gasteiger partial charge in [-0.25, -0.2) is 0 Å². The number of ether oxygens (including phenoxy) is 2. The molecule has 1 atom stereocenters. The highest BCUT2D eigenvalue weighted by Gasteiger charge is 2.22. The van der Waals surface area contributed by atoms with Crippen LogP contribution in [0.15, 0.2) is 24.3 Å². The van der Waals surface area contributed by atoms with Crippen molar-refractivity contribution in [3.8, 4) is 5.75 Å². The van der Waals surface area contributed by atoms with Crippen LogP contribution >= 0.6 is 0 Å². The van der Waals surface area contributed by atoms with E-state index in [2.05, 4.69) is 4.74 Å². The molecule has 0 spiro atoms. The largest absolute Gasteiger partial charge is 0.496 e. The molecule has 0 saturated carbocycles. The average Bonchev–Trinajstić information content (AvgIpc) is 2.37. The molecule has 4 heteroatoms. The van der Waals surface area contributed by atoms with Gasteiger partial charge in [0.25, 0.3) is 0 Å². The first-order chi connectivity index (χ1) is 8.10. The summed E-state index contributed by atoms with van der Waals surface area (Å²) in [5.41, 5.74) is 0.774. The van der Waals surface area contributed by atoms with E-state index in [9.17, 15) is 9.59 Å². The SMILES string of the molecule is COC(=O)C(C)C(=O)Cc1ccccc1OC. The van der Waals surface area contributed by atoms with Crippen LogP contribution in [-0.4, -0.2) is 26.0 Å². The quantitative estimate of drug-likeness (QED) is 0.575. The van der Waals surface area contributed by atoms with Gasteiger partial charge in [-0.2, -0.15) is 0 Å². The lowest BCUT2D eigenvalue weighted by Gasteiger charge is -2.10. The summed E-state index contributed by atoms with van der Waals surface area (Å²) in [6.07, 6.45) is 0.167. The lowest BCUT2D eigenvalue weighted by molar-refractivity contribution is -0.148. The maximum Gasteiger partial charge on any atom is 0.315 e. The summed E-state index contributed by atoms with van der Waals surface area (Å²) in [6.45, 7) is 1.55. The van der Waals surface area contributed by atoms with Crippen molar-refractivity contribution in [1.29, 1.82) is 0 Å². The number of esters is 1. The van der Waals surface area contributed by atoms with Crippen molar-refractivity contribution in [3.63, 3.8) is 0 Å². The van der Waals surface area contributed by atoms with Crippen LogP contribution in [0.5, 0.6) is 5.75 Å². The monoisotopic (exact) mass is 236 g/mol. The van der Waals surface area contributed by atoms with Gasteiger partial charge in [0.05, 0.1) is 14.2 Å². The van der Waals surface area contributed by atoms with E-state index < -0.39 is 11.9 Å². The molecule has 0 aliphatic rings. The molecule has 0 aromatic heterocycles. The van der Waals surface area contributed by atoms with Crippen molar-refractivity contribution in [3.05, 3.63) is 29.8 Å². The lowest BCUT2D eigenvalue weighted by Crippen LogP contribution is -2.23. The minimum Gasteiger partial charge on any atom is -0.496 e. The first-order valence-electron chi connectivity index (χ1n) is 5.32. The molecule has 0 radical (unpaired) electrons. The van der Waals surface area contributed by atoms with Gasteiger partial charge in [-0.15, -0.1) is 0 Å². The van der Waals surface area contributed by atoms with E-state index in [1.165, 1.54) is 7.11 Å². The Labute approximate surface area is 101 Å². The molecule has 1 rings (SSSR count). The van der Waals surface area contributed by atoms with Gasteiger partial charge in [-0.05, 0) is 13.0 Å². The van der Waals surface area contributed by atoms with E-state index in [0.29, 0.717) is 5.75 Å². The van der Waals surface area contributed by atoms with Crippen molar-refractivity contribution in [2.45, 2.75) is 13.3 Å². The summed E-state index contributed by atoms with van der Waals surface area (Å²) in [6, 6.07) is 7.25. The molecule has 17 heavy (non-hydrogen) atoms. The first-order valence-corrected chi connectivity index (χ1v) is 5.32. The second kappa shape index (κ2) is 6.03. The third kappa shape index (κ3) is 3.31. The van der Waals surface area contributed by atoms with Gasteiger partial charge < -0.3 is 9.47 Å². The molecule has 0 aliphatic heterocycles. The molecule has 92 valence electrons. The second-order valence-corrected chi connectivity index (χ2v) is 3.70. The number of hydrogen-bond acceptors (Lipinski definition) is 4. The smallest absolute Gasteiger partial charge is 0.315 e. The van der Waals surface area contributed by atoms with Gasteiger partial charge in [0.15, 0.2) is 5.78 Å². The van der Waals surface area contributed by atoms with Crippen LogP contribution in [0.25, 0.3) is 0 Å². The Morgan fingerprint density at radius 3 is 2.47 bits per heavy atom.